The van der Waals surface area contributed by atoms with Crippen LogP contribution < -0.4 is 5.32 Å². The van der Waals surface area contributed by atoms with Crippen LogP contribution in [0.15, 0.2) is 59.4 Å². The molecule has 0 aliphatic carbocycles. The van der Waals surface area contributed by atoms with Crippen LogP contribution in [0.4, 0.5) is 13.2 Å². The predicted molar refractivity (Wildman–Crippen MR) is 87.2 cm³/mol. The molecule has 5 nitrogen and oxygen atoms in total. The molecule has 26 heavy (non-hydrogen) atoms. The van der Waals surface area contributed by atoms with Crippen molar-refractivity contribution >= 4 is 5.91 Å². The fourth-order valence-electron chi connectivity index (χ4n) is 2.30. The number of pyridine rings is 1. The van der Waals surface area contributed by atoms with Crippen LogP contribution in [0.1, 0.15) is 21.6 Å². The quantitative estimate of drug-likeness (QED) is 0.752. The molecule has 8 heteroatoms. The lowest BCUT2D eigenvalue weighted by Gasteiger charge is -2.06. The third-order valence-corrected chi connectivity index (χ3v) is 3.69. The van der Waals surface area contributed by atoms with E-state index in [2.05, 4.69) is 15.5 Å². The Bertz CT molecular complexity index is 875. The smallest absolute Gasteiger partial charge is 0.355 e. The van der Waals surface area contributed by atoms with Crippen LogP contribution in [-0.4, -0.2) is 22.6 Å². The van der Waals surface area contributed by atoms with E-state index in [4.69, 9.17) is 4.52 Å². The fraction of sp³-hybridized carbons (Fsp3) is 0.167. The van der Waals surface area contributed by atoms with Gasteiger partial charge in [0.25, 0.3) is 5.91 Å². The summed E-state index contributed by atoms with van der Waals surface area (Å²) in [6.45, 7) is 0.408. The molecular formula is C18H14F3N3O2. The van der Waals surface area contributed by atoms with Crippen LogP contribution in [0.2, 0.25) is 0 Å². The lowest BCUT2D eigenvalue weighted by Crippen LogP contribution is -2.25. The number of hydrogen-bond acceptors (Lipinski definition) is 4. The highest BCUT2D eigenvalue weighted by atomic mass is 19.4. The molecule has 0 aliphatic heterocycles. The van der Waals surface area contributed by atoms with Crippen LogP contribution in [0.5, 0.6) is 0 Å². The highest BCUT2D eigenvalue weighted by molar-refractivity contribution is 5.93. The maximum atomic E-state index is 12.6. The van der Waals surface area contributed by atoms with Gasteiger partial charge < -0.3 is 9.84 Å². The summed E-state index contributed by atoms with van der Waals surface area (Å²) < 4.78 is 42.8. The molecule has 2 aromatic heterocycles. The Morgan fingerprint density at radius 2 is 1.77 bits per heavy atom. The standard InChI is InChI=1S/C18H14F3N3O2/c19-18(20,21)14-3-1-13(2-4-14)16-11-15(24-26-16)17(25)23-10-7-12-5-8-22-9-6-12/h1-6,8-9,11H,7,10H2,(H,23,25). The van der Waals surface area contributed by atoms with E-state index >= 15 is 0 Å². The molecule has 1 aromatic carbocycles. The maximum absolute atomic E-state index is 12.6. The summed E-state index contributed by atoms with van der Waals surface area (Å²) in [6, 6.07) is 9.54. The summed E-state index contributed by atoms with van der Waals surface area (Å²) >= 11 is 0. The number of amides is 1. The van der Waals surface area contributed by atoms with Crippen LogP contribution >= 0.6 is 0 Å². The Hall–Kier alpha value is -3.16. The minimum Gasteiger partial charge on any atom is -0.355 e. The summed E-state index contributed by atoms with van der Waals surface area (Å²) in [4.78, 5) is 16.0. The number of carbonyl (C=O) groups excluding carboxylic acids is 1. The van der Waals surface area contributed by atoms with Crippen molar-refractivity contribution in [1.82, 2.24) is 15.5 Å². The summed E-state index contributed by atoms with van der Waals surface area (Å²) in [5.41, 5.74) is 0.747. The Morgan fingerprint density at radius 1 is 1.08 bits per heavy atom. The molecule has 0 saturated heterocycles. The van der Waals surface area contributed by atoms with Gasteiger partial charge in [0, 0.05) is 30.6 Å². The van der Waals surface area contributed by atoms with Crippen LogP contribution in [0.25, 0.3) is 11.3 Å². The van der Waals surface area contributed by atoms with Crippen LogP contribution in [-0.2, 0) is 12.6 Å². The van der Waals surface area contributed by atoms with Crippen molar-refractivity contribution in [2.24, 2.45) is 0 Å². The predicted octanol–water partition coefficient (Wildman–Crippen LogP) is 3.73. The zero-order valence-corrected chi connectivity index (χ0v) is 13.5. The Balaban J connectivity index is 1.61. The molecule has 134 valence electrons. The van der Waals surface area contributed by atoms with Gasteiger partial charge in [-0.25, -0.2) is 0 Å². The third kappa shape index (κ3) is 4.27. The zero-order valence-electron chi connectivity index (χ0n) is 13.5. The van der Waals surface area contributed by atoms with Crippen molar-refractivity contribution < 1.29 is 22.5 Å². The van der Waals surface area contributed by atoms with Crippen LogP contribution in [0, 0.1) is 0 Å². The molecule has 0 bridgehead atoms. The van der Waals surface area contributed by atoms with Gasteiger partial charge >= 0.3 is 6.18 Å². The van der Waals surface area contributed by atoms with Gasteiger partial charge in [-0.15, -0.1) is 0 Å². The van der Waals surface area contributed by atoms with Crippen molar-refractivity contribution in [3.63, 3.8) is 0 Å². The van der Waals surface area contributed by atoms with Gasteiger partial charge in [0.15, 0.2) is 11.5 Å². The molecular weight excluding hydrogens is 347 g/mol. The fourth-order valence-corrected chi connectivity index (χ4v) is 2.30. The van der Waals surface area contributed by atoms with E-state index in [9.17, 15) is 18.0 Å². The lowest BCUT2D eigenvalue weighted by molar-refractivity contribution is -0.137. The first kappa shape index (κ1) is 17.7. The average molecular weight is 361 g/mol. The second kappa shape index (κ2) is 7.38. The SMILES string of the molecule is O=C(NCCc1ccncc1)c1cc(-c2ccc(C(F)(F)F)cc2)on1. The number of alkyl halides is 3. The minimum absolute atomic E-state index is 0.0645. The number of aromatic nitrogens is 2. The number of carbonyl (C=O) groups is 1. The van der Waals surface area contributed by atoms with E-state index in [0.29, 0.717) is 18.5 Å². The van der Waals surface area contributed by atoms with Gasteiger partial charge in [0.1, 0.15) is 0 Å². The van der Waals surface area contributed by atoms with E-state index in [0.717, 1.165) is 17.7 Å². The van der Waals surface area contributed by atoms with Gasteiger partial charge in [0.05, 0.1) is 5.56 Å². The molecule has 0 spiro atoms. The molecule has 0 unspecified atom stereocenters. The number of halogens is 3. The highest BCUT2D eigenvalue weighted by Gasteiger charge is 2.30. The molecule has 0 aliphatic rings. The van der Waals surface area contributed by atoms with Crippen LogP contribution in [0.3, 0.4) is 0 Å². The van der Waals surface area contributed by atoms with Gasteiger partial charge in [-0.3, -0.25) is 9.78 Å². The zero-order chi connectivity index (χ0) is 18.6. The van der Waals surface area contributed by atoms with Gasteiger partial charge in [0.2, 0.25) is 0 Å². The van der Waals surface area contributed by atoms with E-state index in [1.807, 2.05) is 12.1 Å². The molecule has 1 N–H and O–H groups in total. The molecule has 0 atom stereocenters. The summed E-state index contributed by atoms with van der Waals surface area (Å²) in [7, 11) is 0. The van der Waals surface area contributed by atoms with E-state index in [1.54, 1.807) is 12.4 Å². The highest BCUT2D eigenvalue weighted by Crippen LogP contribution is 2.31. The number of nitrogens with zero attached hydrogens (tertiary/aromatic N) is 2. The number of hydrogen-bond donors (Lipinski definition) is 1. The second-order valence-corrected chi connectivity index (χ2v) is 5.51. The summed E-state index contributed by atoms with van der Waals surface area (Å²) in [5, 5.41) is 6.38. The first-order valence-corrected chi connectivity index (χ1v) is 7.75. The topological polar surface area (TPSA) is 68.0 Å². The van der Waals surface area contributed by atoms with E-state index in [-0.39, 0.29) is 11.5 Å². The lowest BCUT2D eigenvalue weighted by atomic mass is 10.1. The summed E-state index contributed by atoms with van der Waals surface area (Å²) in [5.74, 6) is -0.195. The second-order valence-electron chi connectivity index (χ2n) is 5.51. The molecule has 0 fully saturated rings. The van der Waals surface area contributed by atoms with Gasteiger partial charge in [-0.05, 0) is 36.2 Å². The number of rotatable bonds is 5. The van der Waals surface area contributed by atoms with Gasteiger partial charge in [-0.1, -0.05) is 17.3 Å². The van der Waals surface area contributed by atoms with Crippen molar-refractivity contribution in [2.75, 3.05) is 6.54 Å². The Labute approximate surface area is 146 Å². The van der Waals surface area contributed by atoms with Crippen molar-refractivity contribution in [3.8, 4) is 11.3 Å². The largest absolute Gasteiger partial charge is 0.416 e. The molecule has 0 radical (unpaired) electrons. The average Bonchev–Trinajstić information content (AvgIpc) is 3.12. The molecule has 1 amide bonds. The van der Waals surface area contributed by atoms with Gasteiger partial charge in [-0.2, -0.15) is 13.2 Å². The first-order chi connectivity index (χ1) is 12.4. The minimum atomic E-state index is -4.40. The molecule has 2 heterocycles. The molecule has 3 rings (SSSR count). The summed E-state index contributed by atoms with van der Waals surface area (Å²) in [6.07, 6.45) is -0.423. The Kier molecular flexibility index (Phi) is 5.01. The van der Waals surface area contributed by atoms with Crippen molar-refractivity contribution in [3.05, 3.63) is 71.7 Å². The third-order valence-electron chi connectivity index (χ3n) is 3.69. The van der Waals surface area contributed by atoms with Crippen molar-refractivity contribution in [2.45, 2.75) is 12.6 Å². The molecule has 0 saturated carbocycles. The first-order valence-electron chi connectivity index (χ1n) is 7.75. The normalized spacial score (nSPS) is 11.3. The van der Waals surface area contributed by atoms with E-state index in [1.165, 1.54) is 18.2 Å². The maximum Gasteiger partial charge on any atom is 0.416 e. The van der Waals surface area contributed by atoms with E-state index < -0.39 is 17.6 Å². The Morgan fingerprint density at radius 3 is 2.42 bits per heavy atom. The van der Waals surface area contributed by atoms with Crippen molar-refractivity contribution in [1.29, 1.82) is 0 Å². The number of nitrogens with one attached hydrogen (secondary N) is 1. The molecule has 3 aromatic rings. The monoisotopic (exact) mass is 361 g/mol. The number of benzene rings is 1.